The van der Waals surface area contributed by atoms with Gasteiger partial charge in [-0.1, -0.05) is 0 Å². The smallest absolute Gasteiger partial charge is 0.223 e. The quantitative estimate of drug-likeness (QED) is 0.560. The van der Waals surface area contributed by atoms with Crippen LogP contribution in [0.5, 0.6) is 0 Å². The molecule has 1 atom stereocenters. The van der Waals surface area contributed by atoms with E-state index in [2.05, 4.69) is 5.32 Å². The van der Waals surface area contributed by atoms with Crippen molar-refractivity contribution in [3.63, 3.8) is 0 Å². The van der Waals surface area contributed by atoms with E-state index < -0.39 is 0 Å². The molecule has 2 amide bonds. The first kappa shape index (κ1) is 17.9. The lowest BCUT2D eigenvalue weighted by Crippen LogP contribution is -2.43. The average Bonchev–Trinajstić information content (AvgIpc) is 2.47. The maximum atomic E-state index is 12.0. The highest BCUT2D eigenvalue weighted by molar-refractivity contribution is 5.80. The molecule has 1 unspecified atom stereocenters. The number of carbonyl (C=O) groups is 2. The zero-order valence-electron chi connectivity index (χ0n) is 13.0. The van der Waals surface area contributed by atoms with Crippen LogP contribution in [0.2, 0.25) is 0 Å². The fourth-order valence-electron chi connectivity index (χ4n) is 2.56. The summed E-state index contributed by atoms with van der Waals surface area (Å²) >= 11 is 0. The van der Waals surface area contributed by atoms with Gasteiger partial charge in [0.05, 0.1) is 0 Å². The van der Waals surface area contributed by atoms with Gasteiger partial charge in [-0.2, -0.15) is 0 Å². The summed E-state index contributed by atoms with van der Waals surface area (Å²) in [6.45, 7) is 3.88. The molecule has 0 aromatic carbocycles. The Kier molecular flexibility index (Phi) is 8.30. The van der Waals surface area contributed by atoms with Crippen LogP contribution in [0.4, 0.5) is 0 Å². The van der Waals surface area contributed by atoms with E-state index in [-0.39, 0.29) is 30.4 Å². The van der Waals surface area contributed by atoms with Gasteiger partial charge in [-0.25, -0.2) is 0 Å². The van der Waals surface area contributed by atoms with Crippen LogP contribution in [0.1, 0.15) is 45.4 Å². The Morgan fingerprint density at radius 1 is 1.33 bits per heavy atom. The molecule has 1 aliphatic heterocycles. The lowest BCUT2D eigenvalue weighted by Gasteiger charge is -2.31. The molecule has 0 aliphatic carbocycles. The third-order valence-corrected chi connectivity index (χ3v) is 3.90. The van der Waals surface area contributed by atoms with Crippen LogP contribution >= 0.6 is 0 Å². The number of likely N-dealkylation sites (tertiary alicyclic amines) is 1. The van der Waals surface area contributed by atoms with E-state index in [1.807, 2.05) is 11.8 Å². The monoisotopic (exact) mass is 299 g/mol. The summed E-state index contributed by atoms with van der Waals surface area (Å²) in [6.07, 6.45) is 4.29. The average molecular weight is 299 g/mol. The lowest BCUT2D eigenvalue weighted by atomic mass is 9.95. The number of aliphatic hydroxyl groups excluding tert-OH is 1. The third-order valence-electron chi connectivity index (χ3n) is 3.90. The molecule has 1 heterocycles. The number of aliphatic hydroxyl groups is 1. The molecule has 122 valence electrons. The number of nitrogens with one attached hydrogen (secondary N) is 1. The van der Waals surface area contributed by atoms with Crippen molar-refractivity contribution >= 4 is 11.8 Å². The van der Waals surface area contributed by atoms with Gasteiger partial charge in [-0.05, 0) is 39.0 Å². The van der Waals surface area contributed by atoms with Crippen LogP contribution in [0.25, 0.3) is 0 Å². The molecule has 21 heavy (non-hydrogen) atoms. The summed E-state index contributed by atoms with van der Waals surface area (Å²) in [5.74, 6) is 0.221. The molecule has 1 saturated heterocycles. The summed E-state index contributed by atoms with van der Waals surface area (Å²) in [7, 11) is 0. The van der Waals surface area contributed by atoms with Crippen molar-refractivity contribution < 1.29 is 14.7 Å². The Labute approximate surface area is 127 Å². The number of hydrogen-bond donors (Lipinski definition) is 3. The SMILES string of the molecule is CC(N)CCCC(=O)N1CCC(C(=O)NCCCO)CC1. The predicted molar refractivity (Wildman–Crippen MR) is 81.5 cm³/mol. The van der Waals surface area contributed by atoms with E-state index in [4.69, 9.17) is 10.8 Å². The van der Waals surface area contributed by atoms with Crippen LogP contribution in [-0.2, 0) is 9.59 Å². The van der Waals surface area contributed by atoms with Gasteiger partial charge in [0.25, 0.3) is 0 Å². The topological polar surface area (TPSA) is 95.7 Å². The van der Waals surface area contributed by atoms with Crippen molar-refractivity contribution in [2.45, 2.75) is 51.5 Å². The molecule has 0 saturated carbocycles. The minimum atomic E-state index is -0.00296. The first-order chi connectivity index (χ1) is 10.0. The zero-order valence-corrected chi connectivity index (χ0v) is 13.0. The Balaban J connectivity index is 2.21. The van der Waals surface area contributed by atoms with E-state index in [1.165, 1.54) is 0 Å². The number of nitrogens with zero attached hydrogens (tertiary/aromatic N) is 1. The molecule has 4 N–H and O–H groups in total. The normalized spacial score (nSPS) is 17.6. The summed E-state index contributed by atoms with van der Waals surface area (Å²) in [4.78, 5) is 25.8. The van der Waals surface area contributed by atoms with Crippen LogP contribution in [0.15, 0.2) is 0 Å². The third kappa shape index (κ3) is 6.91. The number of piperidine rings is 1. The van der Waals surface area contributed by atoms with Gasteiger partial charge in [0.15, 0.2) is 0 Å². The fourth-order valence-corrected chi connectivity index (χ4v) is 2.56. The molecule has 1 rings (SSSR count). The van der Waals surface area contributed by atoms with E-state index in [0.717, 1.165) is 25.7 Å². The molecule has 6 heteroatoms. The van der Waals surface area contributed by atoms with E-state index in [0.29, 0.717) is 32.5 Å². The predicted octanol–water partition coefficient (Wildman–Crippen LogP) is 0.241. The molecule has 6 nitrogen and oxygen atoms in total. The van der Waals surface area contributed by atoms with Crippen LogP contribution in [-0.4, -0.2) is 54.1 Å². The van der Waals surface area contributed by atoms with Crippen LogP contribution < -0.4 is 11.1 Å². The second-order valence-corrected chi connectivity index (χ2v) is 5.89. The molecular formula is C15H29N3O3. The summed E-state index contributed by atoms with van der Waals surface area (Å²) in [5.41, 5.74) is 5.67. The summed E-state index contributed by atoms with van der Waals surface area (Å²) < 4.78 is 0. The van der Waals surface area contributed by atoms with Gasteiger partial charge >= 0.3 is 0 Å². The van der Waals surface area contributed by atoms with Crippen molar-refractivity contribution in [3.05, 3.63) is 0 Å². The first-order valence-electron chi connectivity index (χ1n) is 7.96. The molecule has 0 spiro atoms. The largest absolute Gasteiger partial charge is 0.396 e. The Hall–Kier alpha value is -1.14. The van der Waals surface area contributed by atoms with Crippen molar-refractivity contribution in [1.29, 1.82) is 0 Å². The Morgan fingerprint density at radius 2 is 2.00 bits per heavy atom. The molecule has 1 aliphatic rings. The van der Waals surface area contributed by atoms with E-state index >= 15 is 0 Å². The highest BCUT2D eigenvalue weighted by Gasteiger charge is 2.26. The first-order valence-corrected chi connectivity index (χ1v) is 7.96. The molecule has 0 bridgehead atoms. The van der Waals surface area contributed by atoms with E-state index in [9.17, 15) is 9.59 Å². The molecular weight excluding hydrogens is 270 g/mol. The van der Waals surface area contributed by atoms with Crippen molar-refractivity contribution in [2.75, 3.05) is 26.2 Å². The van der Waals surface area contributed by atoms with Gasteiger partial charge in [0, 0.05) is 44.6 Å². The van der Waals surface area contributed by atoms with Crippen molar-refractivity contribution in [1.82, 2.24) is 10.2 Å². The Morgan fingerprint density at radius 3 is 2.57 bits per heavy atom. The maximum Gasteiger partial charge on any atom is 0.223 e. The second-order valence-electron chi connectivity index (χ2n) is 5.89. The van der Waals surface area contributed by atoms with Crippen LogP contribution in [0, 0.1) is 5.92 Å². The second kappa shape index (κ2) is 9.73. The molecule has 0 aromatic heterocycles. The number of carbonyl (C=O) groups excluding carboxylic acids is 2. The molecule has 1 fully saturated rings. The number of rotatable bonds is 8. The minimum absolute atomic E-state index is 0.00296. The number of nitrogens with two attached hydrogens (primary N) is 1. The van der Waals surface area contributed by atoms with Crippen LogP contribution in [0.3, 0.4) is 0 Å². The summed E-state index contributed by atoms with van der Waals surface area (Å²) in [5, 5.41) is 11.5. The highest BCUT2D eigenvalue weighted by Crippen LogP contribution is 2.18. The van der Waals surface area contributed by atoms with Gasteiger partial charge in [0.2, 0.25) is 11.8 Å². The van der Waals surface area contributed by atoms with Gasteiger partial charge in [0.1, 0.15) is 0 Å². The fraction of sp³-hybridized carbons (Fsp3) is 0.867. The zero-order chi connectivity index (χ0) is 15.7. The molecule has 0 radical (unpaired) electrons. The molecule has 0 aromatic rings. The highest BCUT2D eigenvalue weighted by atomic mass is 16.3. The summed E-state index contributed by atoms with van der Waals surface area (Å²) in [6, 6.07) is 0.145. The minimum Gasteiger partial charge on any atom is -0.396 e. The number of hydrogen-bond acceptors (Lipinski definition) is 4. The van der Waals surface area contributed by atoms with Crippen molar-refractivity contribution in [2.24, 2.45) is 11.7 Å². The Bertz CT molecular complexity index is 326. The maximum absolute atomic E-state index is 12.0. The van der Waals surface area contributed by atoms with Gasteiger partial charge < -0.3 is 21.1 Å². The van der Waals surface area contributed by atoms with Gasteiger partial charge in [-0.15, -0.1) is 0 Å². The lowest BCUT2D eigenvalue weighted by molar-refractivity contribution is -0.135. The standard InChI is InChI=1S/C15H29N3O3/c1-12(16)4-2-5-14(20)18-9-6-13(7-10-18)15(21)17-8-3-11-19/h12-13,19H,2-11,16H2,1H3,(H,17,21). The number of amides is 2. The van der Waals surface area contributed by atoms with E-state index in [1.54, 1.807) is 0 Å². The van der Waals surface area contributed by atoms with Crippen molar-refractivity contribution in [3.8, 4) is 0 Å². The van der Waals surface area contributed by atoms with Gasteiger partial charge in [-0.3, -0.25) is 9.59 Å².